The number of fused-ring (bicyclic) bond motifs is 1. The number of hydrogen-bond acceptors (Lipinski definition) is 4. The second-order valence-corrected chi connectivity index (χ2v) is 8.16. The van der Waals surface area contributed by atoms with Gasteiger partial charge in [0.2, 0.25) is 5.91 Å². The number of thiazole rings is 1. The van der Waals surface area contributed by atoms with Gasteiger partial charge in [0.1, 0.15) is 0 Å². The van der Waals surface area contributed by atoms with Crippen LogP contribution in [0.5, 0.6) is 0 Å². The maximum absolute atomic E-state index is 12.5. The van der Waals surface area contributed by atoms with E-state index >= 15 is 0 Å². The van der Waals surface area contributed by atoms with E-state index in [1.807, 2.05) is 24.3 Å². The van der Waals surface area contributed by atoms with Crippen LogP contribution in [0.3, 0.4) is 0 Å². The first kappa shape index (κ1) is 19.1. The lowest BCUT2D eigenvalue weighted by atomic mass is 10.1. The number of rotatable bonds is 6. The predicted molar refractivity (Wildman–Crippen MR) is 116 cm³/mol. The molecule has 0 aliphatic carbocycles. The van der Waals surface area contributed by atoms with Crippen molar-refractivity contribution >= 4 is 34.0 Å². The third-order valence-electron chi connectivity index (χ3n) is 4.86. The lowest BCUT2D eigenvalue weighted by Gasteiger charge is -2.16. The summed E-state index contributed by atoms with van der Waals surface area (Å²) < 4.78 is 0. The van der Waals surface area contributed by atoms with Crippen molar-refractivity contribution in [2.24, 2.45) is 0 Å². The van der Waals surface area contributed by atoms with Crippen molar-refractivity contribution in [3.63, 3.8) is 0 Å². The fourth-order valence-electron chi connectivity index (χ4n) is 3.44. The van der Waals surface area contributed by atoms with Gasteiger partial charge < -0.3 is 10.2 Å². The summed E-state index contributed by atoms with van der Waals surface area (Å²) in [5, 5.41) is 3.41. The van der Waals surface area contributed by atoms with Crippen molar-refractivity contribution in [1.29, 1.82) is 0 Å². The van der Waals surface area contributed by atoms with Crippen LogP contribution in [0.2, 0.25) is 0 Å². The van der Waals surface area contributed by atoms with Crippen LogP contribution in [0.15, 0.2) is 61.3 Å². The zero-order valence-corrected chi connectivity index (χ0v) is 17.0. The van der Waals surface area contributed by atoms with Gasteiger partial charge in [0, 0.05) is 47.3 Å². The Balaban J connectivity index is 1.32. The highest BCUT2D eigenvalue weighted by Crippen LogP contribution is 2.31. The quantitative estimate of drug-likeness (QED) is 0.659. The van der Waals surface area contributed by atoms with E-state index in [0.717, 1.165) is 16.9 Å². The topological polar surface area (TPSA) is 62.3 Å². The molecule has 1 aliphatic heterocycles. The molecular formula is C23H21N3O2S. The van der Waals surface area contributed by atoms with Gasteiger partial charge in [-0.2, -0.15) is 0 Å². The van der Waals surface area contributed by atoms with Crippen LogP contribution in [0.25, 0.3) is 5.70 Å². The second-order valence-electron chi connectivity index (χ2n) is 7.04. The molecule has 1 aliphatic rings. The summed E-state index contributed by atoms with van der Waals surface area (Å²) >= 11 is 1.47. The number of aromatic nitrogens is 1. The number of carbonyl (C=O) groups excluding carboxylic acids is 2. The molecule has 146 valence electrons. The third-order valence-corrected chi connectivity index (χ3v) is 5.78. The molecule has 0 saturated carbocycles. The Hall–Kier alpha value is -3.25. The van der Waals surface area contributed by atoms with Crippen molar-refractivity contribution < 1.29 is 9.59 Å². The standard InChI is InChI=1S/C23H21N3O2S/c1-15-6-5-7-17(12-15)13-18-14-24-23(29-18)25-21(27)10-11-26-16(2)19-8-3-4-9-20(19)22(26)28/h3-9,12,14H,2,10-11,13H2,1H3,(H,24,25,27). The number of aryl methyl sites for hydroxylation is 1. The van der Waals surface area contributed by atoms with Crippen LogP contribution in [-0.4, -0.2) is 28.2 Å². The minimum absolute atomic E-state index is 0.104. The van der Waals surface area contributed by atoms with Crippen molar-refractivity contribution in [3.8, 4) is 0 Å². The normalized spacial score (nSPS) is 12.9. The molecule has 6 heteroatoms. The highest BCUT2D eigenvalue weighted by atomic mass is 32.1. The minimum Gasteiger partial charge on any atom is -0.308 e. The van der Waals surface area contributed by atoms with Gasteiger partial charge in [-0.1, -0.05) is 54.6 Å². The molecule has 5 nitrogen and oxygen atoms in total. The molecule has 0 fully saturated rings. The maximum atomic E-state index is 12.5. The van der Waals surface area contributed by atoms with Crippen LogP contribution in [0.1, 0.15) is 38.3 Å². The fourth-order valence-corrected chi connectivity index (χ4v) is 4.30. The summed E-state index contributed by atoms with van der Waals surface area (Å²) in [6, 6.07) is 15.7. The Bertz CT molecular complexity index is 1070. The molecule has 0 unspecified atom stereocenters. The zero-order valence-electron chi connectivity index (χ0n) is 16.1. The van der Waals surface area contributed by atoms with Gasteiger partial charge in [-0.15, -0.1) is 11.3 Å². The number of hydrogen-bond donors (Lipinski definition) is 1. The van der Waals surface area contributed by atoms with E-state index in [1.54, 1.807) is 17.2 Å². The predicted octanol–water partition coefficient (Wildman–Crippen LogP) is 4.50. The van der Waals surface area contributed by atoms with E-state index in [-0.39, 0.29) is 18.2 Å². The van der Waals surface area contributed by atoms with E-state index in [9.17, 15) is 9.59 Å². The Labute approximate surface area is 173 Å². The molecule has 2 aromatic carbocycles. The lowest BCUT2D eigenvalue weighted by molar-refractivity contribution is -0.116. The van der Waals surface area contributed by atoms with E-state index in [1.165, 1.54) is 22.5 Å². The largest absolute Gasteiger partial charge is 0.308 e. The summed E-state index contributed by atoms with van der Waals surface area (Å²) in [6.07, 6.45) is 2.77. The highest BCUT2D eigenvalue weighted by molar-refractivity contribution is 7.15. The zero-order chi connectivity index (χ0) is 20.4. The van der Waals surface area contributed by atoms with Crippen LogP contribution in [0.4, 0.5) is 5.13 Å². The first-order valence-electron chi connectivity index (χ1n) is 9.41. The van der Waals surface area contributed by atoms with Crippen molar-refractivity contribution in [1.82, 2.24) is 9.88 Å². The molecule has 0 radical (unpaired) electrons. The Morgan fingerprint density at radius 1 is 1.17 bits per heavy atom. The monoisotopic (exact) mass is 403 g/mol. The molecule has 1 N–H and O–H groups in total. The smallest absolute Gasteiger partial charge is 0.258 e. The molecule has 0 saturated heterocycles. The summed E-state index contributed by atoms with van der Waals surface area (Å²) in [4.78, 5) is 31.8. The van der Waals surface area contributed by atoms with Crippen molar-refractivity contribution in [2.45, 2.75) is 19.8 Å². The van der Waals surface area contributed by atoms with Gasteiger partial charge >= 0.3 is 0 Å². The first-order chi connectivity index (χ1) is 14.0. The summed E-state index contributed by atoms with van der Waals surface area (Å²) in [5.41, 5.74) is 4.56. The Morgan fingerprint density at radius 2 is 1.97 bits per heavy atom. The van der Waals surface area contributed by atoms with Crippen molar-refractivity contribution in [3.05, 3.63) is 88.4 Å². The number of anilines is 1. The average Bonchev–Trinajstić information content (AvgIpc) is 3.23. The molecule has 0 atom stereocenters. The summed E-state index contributed by atoms with van der Waals surface area (Å²) in [5.74, 6) is -0.272. The first-order valence-corrected chi connectivity index (χ1v) is 10.2. The number of nitrogens with one attached hydrogen (secondary N) is 1. The Morgan fingerprint density at radius 3 is 2.72 bits per heavy atom. The van der Waals surface area contributed by atoms with Crippen molar-refractivity contribution in [2.75, 3.05) is 11.9 Å². The molecule has 2 amide bonds. The molecule has 4 rings (SSSR count). The molecule has 29 heavy (non-hydrogen) atoms. The summed E-state index contributed by atoms with van der Waals surface area (Å²) in [7, 11) is 0. The van der Waals surface area contributed by atoms with Gasteiger partial charge in [0.25, 0.3) is 5.91 Å². The lowest BCUT2D eigenvalue weighted by Crippen LogP contribution is -2.27. The fraction of sp³-hybridized carbons (Fsp3) is 0.174. The van der Waals surface area contributed by atoms with Gasteiger partial charge in [-0.05, 0) is 18.6 Å². The van der Waals surface area contributed by atoms with Crippen LogP contribution in [0, 0.1) is 6.92 Å². The third kappa shape index (κ3) is 4.12. The maximum Gasteiger partial charge on any atom is 0.258 e. The molecule has 2 heterocycles. The molecule has 3 aromatic rings. The number of amides is 2. The second kappa shape index (κ2) is 8.01. The highest BCUT2D eigenvalue weighted by Gasteiger charge is 2.30. The van der Waals surface area contributed by atoms with Gasteiger partial charge in [0.05, 0.1) is 0 Å². The minimum atomic E-state index is -0.169. The molecule has 0 bridgehead atoms. The average molecular weight is 404 g/mol. The van der Waals surface area contributed by atoms with Gasteiger partial charge in [0.15, 0.2) is 5.13 Å². The molecule has 1 aromatic heterocycles. The van der Waals surface area contributed by atoms with E-state index in [0.29, 0.717) is 22.9 Å². The summed E-state index contributed by atoms with van der Waals surface area (Å²) in [6.45, 7) is 6.36. The molecule has 0 spiro atoms. The van der Waals surface area contributed by atoms with Crippen LogP contribution >= 0.6 is 11.3 Å². The SMILES string of the molecule is C=C1c2ccccc2C(=O)N1CCC(=O)Nc1ncc(Cc2cccc(C)c2)s1. The number of nitrogens with zero attached hydrogens (tertiary/aromatic N) is 2. The van der Waals surface area contributed by atoms with E-state index in [4.69, 9.17) is 0 Å². The van der Waals surface area contributed by atoms with Crippen LogP contribution < -0.4 is 5.32 Å². The number of carbonyl (C=O) groups is 2. The Kier molecular flexibility index (Phi) is 5.27. The van der Waals surface area contributed by atoms with Gasteiger partial charge in [-0.25, -0.2) is 4.98 Å². The van der Waals surface area contributed by atoms with E-state index in [2.05, 4.69) is 42.0 Å². The van der Waals surface area contributed by atoms with E-state index < -0.39 is 0 Å². The number of benzene rings is 2. The van der Waals surface area contributed by atoms with Gasteiger partial charge in [-0.3, -0.25) is 9.59 Å². The molecular weight excluding hydrogens is 382 g/mol. The van der Waals surface area contributed by atoms with Crippen LogP contribution in [-0.2, 0) is 11.2 Å².